The molecule has 0 spiro atoms. The minimum Gasteiger partial charge on any atom is -0.419 e. The molecule has 0 aromatic heterocycles. The standard InChI is InChI=1S/C14H20O10/c1-5(2)11(19)23-13(21)9(17)7(15)8(16)10(18)14(13,22)24-12(20)6(3)4/h7-10,15-18,21-22H,1,3H2,2,4H3/t7-,8-,9-,10+,13-,14+/m1/s1. The van der Waals surface area contributed by atoms with Crippen molar-refractivity contribution in [3.8, 4) is 0 Å². The molecule has 1 saturated carbocycles. The van der Waals surface area contributed by atoms with Gasteiger partial charge in [0, 0.05) is 11.1 Å². The zero-order valence-corrected chi connectivity index (χ0v) is 13.0. The smallest absolute Gasteiger partial charge is 0.335 e. The number of carbonyl (C=O) groups is 2. The summed E-state index contributed by atoms with van der Waals surface area (Å²) >= 11 is 0. The molecule has 0 aromatic carbocycles. The Labute approximate surface area is 136 Å². The molecule has 1 fully saturated rings. The molecule has 10 nitrogen and oxygen atoms in total. The Balaban J connectivity index is 3.43. The van der Waals surface area contributed by atoms with Crippen LogP contribution in [0.4, 0.5) is 0 Å². The van der Waals surface area contributed by atoms with E-state index >= 15 is 0 Å². The molecule has 24 heavy (non-hydrogen) atoms. The van der Waals surface area contributed by atoms with E-state index in [1.807, 2.05) is 0 Å². The molecule has 136 valence electrons. The number of ether oxygens (including phenoxy) is 2. The molecule has 6 N–H and O–H groups in total. The maximum atomic E-state index is 11.7. The molecule has 10 heteroatoms. The minimum atomic E-state index is -3.51. The Hall–Kier alpha value is -1.82. The van der Waals surface area contributed by atoms with Gasteiger partial charge >= 0.3 is 23.5 Å². The Morgan fingerprint density at radius 2 is 1.04 bits per heavy atom. The number of esters is 2. The topological polar surface area (TPSA) is 174 Å². The van der Waals surface area contributed by atoms with E-state index in [0.717, 1.165) is 0 Å². The van der Waals surface area contributed by atoms with Gasteiger partial charge in [-0.1, -0.05) is 13.2 Å². The summed E-state index contributed by atoms with van der Waals surface area (Å²) in [6.07, 6.45) is -9.57. The van der Waals surface area contributed by atoms with Gasteiger partial charge in [0.2, 0.25) is 0 Å². The second-order valence-electron chi connectivity index (χ2n) is 5.60. The van der Waals surface area contributed by atoms with Crippen molar-refractivity contribution in [2.45, 2.75) is 49.8 Å². The highest BCUT2D eigenvalue weighted by Crippen LogP contribution is 2.41. The fraction of sp³-hybridized carbons (Fsp3) is 0.571. The minimum absolute atomic E-state index is 0.278. The molecule has 0 heterocycles. The third-order valence-corrected chi connectivity index (χ3v) is 3.51. The van der Waals surface area contributed by atoms with E-state index in [-0.39, 0.29) is 11.1 Å². The van der Waals surface area contributed by atoms with Crippen molar-refractivity contribution in [3.05, 3.63) is 24.3 Å². The zero-order chi connectivity index (χ0) is 19.0. The second-order valence-corrected chi connectivity index (χ2v) is 5.60. The average Bonchev–Trinajstić information content (AvgIpc) is 2.49. The van der Waals surface area contributed by atoms with Crippen LogP contribution >= 0.6 is 0 Å². The van der Waals surface area contributed by atoms with Gasteiger partial charge in [0.05, 0.1) is 0 Å². The molecule has 0 aliphatic heterocycles. The van der Waals surface area contributed by atoms with Crippen molar-refractivity contribution >= 4 is 11.9 Å². The predicted octanol–water partition coefficient (Wildman–Crippen LogP) is -2.94. The molecular weight excluding hydrogens is 328 g/mol. The number of aliphatic hydroxyl groups excluding tert-OH is 4. The van der Waals surface area contributed by atoms with Crippen LogP contribution in [0.25, 0.3) is 0 Å². The van der Waals surface area contributed by atoms with Crippen LogP contribution in [-0.4, -0.2) is 78.6 Å². The van der Waals surface area contributed by atoms with Gasteiger partial charge in [0.15, 0.2) is 12.2 Å². The quantitative estimate of drug-likeness (QED) is 0.175. The van der Waals surface area contributed by atoms with Crippen molar-refractivity contribution in [3.63, 3.8) is 0 Å². The van der Waals surface area contributed by atoms with Gasteiger partial charge in [-0.25, -0.2) is 9.59 Å². The van der Waals surface area contributed by atoms with Gasteiger partial charge in [-0.3, -0.25) is 0 Å². The first kappa shape index (κ1) is 20.2. The summed E-state index contributed by atoms with van der Waals surface area (Å²) in [4.78, 5) is 23.4. The highest BCUT2D eigenvalue weighted by molar-refractivity contribution is 5.88. The highest BCUT2D eigenvalue weighted by atomic mass is 16.8. The van der Waals surface area contributed by atoms with Gasteiger partial charge in [-0.2, -0.15) is 0 Å². The molecular formula is C14H20O10. The molecule has 0 unspecified atom stereocenters. The molecule has 0 bridgehead atoms. The lowest BCUT2D eigenvalue weighted by molar-refractivity contribution is -0.441. The Kier molecular flexibility index (Phi) is 5.55. The summed E-state index contributed by atoms with van der Waals surface area (Å²) in [5.74, 6) is -9.69. The van der Waals surface area contributed by atoms with E-state index in [1.165, 1.54) is 13.8 Å². The van der Waals surface area contributed by atoms with E-state index in [0.29, 0.717) is 0 Å². The SMILES string of the molecule is C=C(C)C(=O)O[C@@]1(O)[C@@H](O)[C@H](O)[C@@H](O)[C@@H](O)[C@@]1(O)OC(=O)C(=C)C. The predicted molar refractivity (Wildman–Crippen MR) is 75.7 cm³/mol. The number of aliphatic hydroxyl groups is 6. The Morgan fingerprint density at radius 1 is 0.792 bits per heavy atom. The van der Waals surface area contributed by atoms with Gasteiger partial charge in [0.1, 0.15) is 12.2 Å². The van der Waals surface area contributed by atoms with Crippen molar-refractivity contribution in [2.24, 2.45) is 0 Å². The number of hydrogen-bond donors (Lipinski definition) is 6. The van der Waals surface area contributed by atoms with E-state index in [4.69, 9.17) is 0 Å². The van der Waals surface area contributed by atoms with Crippen molar-refractivity contribution in [1.29, 1.82) is 0 Å². The van der Waals surface area contributed by atoms with Crippen LogP contribution in [0.2, 0.25) is 0 Å². The van der Waals surface area contributed by atoms with Crippen LogP contribution in [0.3, 0.4) is 0 Å². The van der Waals surface area contributed by atoms with Gasteiger partial charge < -0.3 is 40.1 Å². The Bertz CT molecular complexity index is 522. The fourth-order valence-corrected chi connectivity index (χ4v) is 1.98. The Morgan fingerprint density at radius 3 is 1.25 bits per heavy atom. The average molecular weight is 348 g/mol. The second kappa shape index (κ2) is 6.59. The van der Waals surface area contributed by atoms with E-state index in [2.05, 4.69) is 22.6 Å². The molecule has 0 saturated heterocycles. The summed E-state index contributed by atoms with van der Waals surface area (Å²) in [5.41, 5.74) is -0.557. The summed E-state index contributed by atoms with van der Waals surface area (Å²) in [6.45, 7) is 8.78. The monoisotopic (exact) mass is 348 g/mol. The third-order valence-electron chi connectivity index (χ3n) is 3.51. The molecule has 6 atom stereocenters. The number of hydrogen-bond acceptors (Lipinski definition) is 10. The summed E-state index contributed by atoms with van der Waals surface area (Å²) in [7, 11) is 0. The van der Waals surface area contributed by atoms with E-state index in [1.54, 1.807) is 0 Å². The van der Waals surface area contributed by atoms with Gasteiger partial charge in [-0.05, 0) is 13.8 Å². The first-order valence-corrected chi connectivity index (χ1v) is 6.74. The molecule has 0 amide bonds. The maximum absolute atomic E-state index is 11.7. The lowest BCUT2D eigenvalue weighted by Crippen LogP contribution is -2.79. The van der Waals surface area contributed by atoms with Crippen molar-refractivity contribution in [2.75, 3.05) is 0 Å². The summed E-state index contributed by atoms with van der Waals surface area (Å²) in [6, 6.07) is 0. The molecule has 1 aliphatic carbocycles. The van der Waals surface area contributed by atoms with Crippen LogP contribution < -0.4 is 0 Å². The van der Waals surface area contributed by atoms with Crippen LogP contribution in [0.15, 0.2) is 24.3 Å². The fourth-order valence-electron chi connectivity index (χ4n) is 1.98. The van der Waals surface area contributed by atoms with Crippen molar-refractivity contribution in [1.82, 2.24) is 0 Å². The van der Waals surface area contributed by atoms with Crippen LogP contribution in [0.1, 0.15) is 13.8 Å². The van der Waals surface area contributed by atoms with Gasteiger partial charge in [-0.15, -0.1) is 0 Å². The van der Waals surface area contributed by atoms with Crippen LogP contribution in [0, 0.1) is 0 Å². The number of rotatable bonds is 4. The normalized spacial score (nSPS) is 39.0. The summed E-state index contributed by atoms with van der Waals surface area (Å²) in [5, 5.41) is 60.1. The molecule has 1 rings (SSSR count). The maximum Gasteiger partial charge on any atom is 0.335 e. The number of carbonyl (C=O) groups excluding carboxylic acids is 2. The first-order valence-electron chi connectivity index (χ1n) is 6.74. The van der Waals surface area contributed by atoms with Crippen LogP contribution in [0.5, 0.6) is 0 Å². The lowest BCUT2D eigenvalue weighted by atomic mass is 9.79. The van der Waals surface area contributed by atoms with Gasteiger partial charge in [0.25, 0.3) is 0 Å². The molecule has 0 aromatic rings. The zero-order valence-electron chi connectivity index (χ0n) is 13.0. The van der Waals surface area contributed by atoms with Crippen LogP contribution in [-0.2, 0) is 19.1 Å². The highest BCUT2D eigenvalue weighted by Gasteiger charge is 2.72. The molecule has 1 aliphatic rings. The summed E-state index contributed by atoms with van der Waals surface area (Å²) < 4.78 is 9.03. The lowest BCUT2D eigenvalue weighted by Gasteiger charge is -2.51. The van der Waals surface area contributed by atoms with E-state index in [9.17, 15) is 40.2 Å². The largest absolute Gasteiger partial charge is 0.419 e. The molecule has 0 radical (unpaired) electrons. The first-order chi connectivity index (χ1) is 10.8. The van der Waals surface area contributed by atoms with Crippen molar-refractivity contribution < 1.29 is 49.7 Å². The third kappa shape index (κ3) is 3.07. The van der Waals surface area contributed by atoms with E-state index < -0.39 is 47.9 Å².